The summed E-state index contributed by atoms with van der Waals surface area (Å²) in [7, 11) is -0.553. The Bertz CT molecular complexity index is 523. The van der Waals surface area contributed by atoms with Crippen molar-refractivity contribution < 1.29 is 23.8 Å². The number of amides is 1. The first-order valence-electron chi connectivity index (χ1n) is 9.12. The Hall–Kier alpha value is -0.893. The van der Waals surface area contributed by atoms with Gasteiger partial charge in [-0.2, -0.15) is 0 Å². The minimum atomic E-state index is -2.15. The number of hydrogen-bond donors (Lipinski definition) is 1. The van der Waals surface area contributed by atoms with Crippen molar-refractivity contribution in [2.24, 2.45) is 0 Å². The van der Waals surface area contributed by atoms with E-state index >= 15 is 0 Å². The Morgan fingerprint density at radius 3 is 2.19 bits per heavy atom. The first-order chi connectivity index (χ1) is 11.6. The lowest BCUT2D eigenvalue weighted by molar-refractivity contribution is -0.205. The lowest BCUT2D eigenvalue weighted by atomic mass is 9.93. The molecule has 1 rings (SSSR count). The van der Waals surface area contributed by atoms with Gasteiger partial charge in [0.15, 0.2) is 14.5 Å². The molecule has 0 aromatic heterocycles. The van der Waals surface area contributed by atoms with Crippen LogP contribution in [0, 0.1) is 0 Å². The zero-order chi connectivity index (χ0) is 20.6. The highest BCUT2D eigenvalue weighted by Gasteiger charge is 2.60. The number of likely N-dealkylation sites (tertiary alicyclic amines) is 1. The van der Waals surface area contributed by atoms with Gasteiger partial charge in [-0.1, -0.05) is 26.8 Å². The van der Waals surface area contributed by atoms with Gasteiger partial charge < -0.3 is 19.0 Å². The molecular formula is C19H37NO5Si. The first-order valence-corrected chi connectivity index (χ1v) is 12.0. The molecule has 0 aromatic rings. The minimum Gasteiger partial charge on any atom is -0.465 e. The summed E-state index contributed by atoms with van der Waals surface area (Å²) in [5.74, 6) is 0. The Kier molecular flexibility index (Phi) is 6.78. The third kappa shape index (κ3) is 4.68. The molecule has 3 atom stereocenters. The van der Waals surface area contributed by atoms with Crippen LogP contribution in [0.3, 0.4) is 0 Å². The topological polar surface area (TPSA) is 68.2 Å². The van der Waals surface area contributed by atoms with Gasteiger partial charge in [0, 0.05) is 13.5 Å². The van der Waals surface area contributed by atoms with Gasteiger partial charge >= 0.3 is 6.09 Å². The van der Waals surface area contributed by atoms with Gasteiger partial charge in [0.05, 0.1) is 18.2 Å². The second-order valence-electron chi connectivity index (χ2n) is 9.54. The molecule has 0 bridgehead atoms. The molecule has 1 amide bonds. The Morgan fingerprint density at radius 2 is 1.85 bits per heavy atom. The fraction of sp³-hybridized carbons (Fsp3) is 0.842. The molecular weight excluding hydrogens is 350 g/mol. The van der Waals surface area contributed by atoms with Crippen LogP contribution in [0.5, 0.6) is 0 Å². The highest BCUT2D eigenvalue weighted by atomic mass is 28.4. The SMILES string of the molecule is C=CC[C@]1(OC)C(OC(C)(C)C)N(C(=O)O)C[C@@H]1O[Si](C)(C)C(C)(C)C. The van der Waals surface area contributed by atoms with Gasteiger partial charge in [-0.25, -0.2) is 4.79 Å². The summed E-state index contributed by atoms with van der Waals surface area (Å²) < 4.78 is 18.7. The zero-order valence-corrected chi connectivity index (χ0v) is 18.9. The highest BCUT2D eigenvalue weighted by molar-refractivity contribution is 6.74. The van der Waals surface area contributed by atoms with E-state index in [1.165, 1.54) is 4.90 Å². The van der Waals surface area contributed by atoms with Crippen molar-refractivity contribution in [1.29, 1.82) is 0 Å². The van der Waals surface area contributed by atoms with E-state index in [1.807, 2.05) is 20.8 Å². The zero-order valence-electron chi connectivity index (χ0n) is 17.9. The maximum absolute atomic E-state index is 11.9. The van der Waals surface area contributed by atoms with Crippen molar-refractivity contribution in [3.8, 4) is 0 Å². The summed E-state index contributed by atoms with van der Waals surface area (Å²) in [6.45, 7) is 20.6. The van der Waals surface area contributed by atoms with E-state index < -0.39 is 37.9 Å². The van der Waals surface area contributed by atoms with Crippen molar-refractivity contribution in [3.63, 3.8) is 0 Å². The van der Waals surface area contributed by atoms with Gasteiger partial charge in [-0.3, -0.25) is 4.90 Å². The van der Waals surface area contributed by atoms with E-state index in [1.54, 1.807) is 13.2 Å². The van der Waals surface area contributed by atoms with Crippen LogP contribution >= 0.6 is 0 Å². The van der Waals surface area contributed by atoms with Crippen molar-refractivity contribution in [1.82, 2.24) is 4.90 Å². The number of carbonyl (C=O) groups is 1. The molecule has 7 heteroatoms. The van der Waals surface area contributed by atoms with E-state index in [0.29, 0.717) is 6.42 Å². The predicted molar refractivity (Wildman–Crippen MR) is 106 cm³/mol. The normalized spacial score (nSPS) is 27.7. The molecule has 1 heterocycles. The Morgan fingerprint density at radius 1 is 1.31 bits per heavy atom. The van der Waals surface area contributed by atoms with Crippen LogP contribution in [0.4, 0.5) is 4.79 Å². The summed E-state index contributed by atoms with van der Waals surface area (Å²) in [4.78, 5) is 13.2. The average Bonchev–Trinajstić information content (AvgIpc) is 2.71. The van der Waals surface area contributed by atoms with Gasteiger partial charge in [0.1, 0.15) is 5.60 Å². The minimum absolute atomic E-state index is 0.00230. The van der Waals surface area contributed by atoms with Crippen LogP contribution < -0.4 is 0 Å². The van der Waals surface area contributed by atoms with Gasteiger partial charge in [-0.15, -0.1) is 6.58 Å². The molecule has 26 heavy (non-hydrogen) atoms. The highest BCUT2D eigenvalue weighted by Crippen LogP contribution is 2.44. The standard InChI is InChI=1S/C19H37NO5Si/c1-11-12-19(23-8)14(25-26(9,10)18(5,6)7)13-20(16(21)22)15(19)24-17(2,3)4/h11,14-15H,1,12-13H2,2-10H3,(H,21,22)/t14-,15?,19+/m0/s1. The number of rotatable bonds is 6. The molecule has 0 aliphatic carbocycles. The Balaban J connectivity index is 3.40. The van der Waals surface area contributed by atoms with E-state index in [2.05, 4.69) is 40.4 Å². The summed E-state index contributed by atoms with van der Waals surface area (Å²) >= 11 is 0. The largest absolute Gasteiger partial charge is 0.465 e. The molecule has 0 aromatic carbocycles. The third-order valence-electron chi connectivity index (χ3n) is 5.41. The van der Waals surface area contributed by atoms with Crippen LogP contribution in [0.2, 0.25) is 18.1 Å². The number of ether oxygens (including phenoxy) is 2. The second-order valence-corrected chi connectivity index (χ2v) is 14.3. The summed E-state index contributed by atoms with van der Waals surface area (Å²) in [5.41, 5.74) is -1.46. The van der Waals surface area contributed by atoms with Gasteiger partial charge in [0.25, 0.3) is 0 Å². The van der Waals surface area contributed by atoms with E-state index in [9.17, 15) is 9.90 Å². The average molecular weight is 388 g/mol. The molecule has 152 valence electrons. The maximum atomic E-state index is 11.9. The molecule has 1 N–H and O–H groups in total. The molecule has 0 radical (unpaired) electrons. The second kappa shape index (κ2) is 7.62. The lowest BCUT2D eigenvalue weighted by Crippen LogP contribution is -2.57. The Labute approximate surface area is 159 Å². The molecule has 6 nitrogen and oxygen atoms in total. The number of methoxy groups -OCH3 is 1. The van der Waals surface area contributed by atoms with Crippen LogP contribution in [0.15, 0.2) is 12.7 Å². The fourth-order valence-corrected chi connectivity index (χ4v) is 4.31. The molecule has 0 saturated carbocycles. The molecule has 1 saturated heterocycles. The van der Waals surface area contributed by atoms with Crippen LogP contribution in [0.1, 0.15) is 48.0 Å². The molecule has 0 spiro atoms. The quantitative estimate of drug-likeness (QED) is 0.538. The lowest BCUT2D eigenvalue weighted by Gasteiger charge is -2.44. The number of hydrogen-bond acceptors (Lipinski definition) is 4. The van der Waals surface area contributed by atoms with Crippen molar-refractivity contribution in [2.45, 2.75) is 89.6 Å². The van der Waals surface area contributed by atoms with Crippen molar-refractivity contribution in [3.05, 3.63) is 12.7 Å². The smallest absolute Gasteiger partial charge is 0.409 e. The summed E-state index contributed by atoms with van der Waals surface area (Å²) in [6.07, 6.45) is -0.0397. The maximum Gasteiger partial charge on any atom is 0.409 e. The van der Waals surface area contributed by atoms with E-state index in [4.69, 9.17) is 13.9 Å². The third-order valence-corrected chi connectivity index (χ3v) is 9.89. The fourth-order valence-electron chi connectivity index (χ4n) is 2.97. The number of carboxylic acid groups (broad SMARTS) is 1. The van der Waals surface area contributed by atoms with Gasteiger partial charge in [-0.05, 0) is 38.9 Å². The predicted octanol–water partition coefficient (Wildman–Crippen LogP) is 4.47. The number of nitrogens with zero attached hydrogens (tertiary/aromatic N) is 1. The molecule has 1 unspecified atom stereocenters. The summed E-state index contributed by atoms with van der Waals surface area (Å²) in [6, 6.07) is 0. The monoisotopic (exact) mass is 387 g/mol. The van der Waals surface area contributed by atoms with E-state index in [0.717, 1.165) is 0 Å². The van der Waals surface area contributed by atoms with Gasteiger partial charge in [0.2, 0.25) is 0 Å². The first kappa shape index (κ1) is 23.1. The van der Waals surface area contributed by atoms with Crippen LogP contribution in [0.25, 0.3) is 0 Å². The van der Waals surface area contributed by atoms with E-state index in [-0.39, 0.29) is 11.6 Å². The van der Waals surface area contributed by atoms with Crippen LogP contribution in [-0.2, 0) is 13.9 Å². The molecule has 1 aliphatic heterocycles. The molecule has 1 aliphatic rings. The van der Waals surface area contributed by atoms with Crippen molar-refractivity contribution >= 4 is 14.4 Å². The molecule has 1 fully saturated rings. The van der Waals surface area contributed by atoms with Crippen molar-refractivity contribution in [2.75, 3.05) is 13.7 Å². The summed E-state index contributed by atoms with van der Waals surface area (Å²) in [5, 5.41) is 9.77. The van der Waals surface area contributed by atoms with Crippen LogP contribution in [-0.4, -0.2) is 61.6 Å².